The second kappa shape index (κ2) is 11.1. The topological polar surface area (TPSA) is 96.7 Å². The van der Waals surface area contributed by atoms with Crippen LogP contribution >= 0.6 is 0 Å². The van der Waals surface area contributed by atoms with E-state index in [1.165, 1.54) is 0 Å². The maximum Gasteiger partial charge on any atom is 0.134 e. The van der Waals surface area contributed by atoms with Gasteiger partial charge in [-0.25, -0.2) is 9.97 Å². The third-order valence-electron chi connectivity index (χ3n) is 7.77. The first kappa shape index (κ1) is 24.8. The molecule has 10 heteroatoms. The summed E-state index contributed by atoms with van der Waals surface area (Å²) in [6.07, 6.45) is 3.70. The SMILES string of the molecule is C[C@@H]1CN(c2ccc(C#N)c3ncccc23)C[C@H](CN2CCN(c3cc(N4CCNCC4)ncn3)CC2)O1. The van der Waals surface area contributed by atoms with Crippen LogP contribution in [0, 0.1) is 11.3 Å². The number of nitrogens with one attached hydrogen (secondary N) is 1. The van der Waals surface area contributed by atoms with Crippen LogP contribution < -0.4 is 20.0 Å². The first-order chi connectivity index (χ1) is 18.7. The maximum atomic E-state index is 9.52. The number of anilines is 3. The van der Waals surface area contributed by atoms with E-state index in [1.807, 2.05) is 12.1 Å². The van der Waals surface area contributed by atoms with Gasteiger partial charge < -0.3 is 24.8 Å². The average molecular weight is 514 g/mol. The Bertz CT molecular complexity index is 1300. The van der Waals surface area contributed by atoms with Crippen LogP contribution in [0.15, 0.2) is 42.9 Å². The van der Waals surface area contributed by atoms with Gasteiger partial charge in [0.15, 0.2) is 0 Å². The fourth-order valence-corrected chi connectivity index (χ4v) is 5.89. The van der Waals surface area contributed by atoms with Gasteiger partial charge in [0, 0.05) is 95.3 Å². The number of hydrogen-bond acceptors (Lipinski definition) is 10. The predicted octanol–water partition coefficient (Wildman–Crippen LogP) is 1.72. The molecule has 1 N–H and O–H groups in total. The van der Waals surface area contributed by atoms with Gasteiger partial charge in [0.25, 0.3) is 0 Å². The molecule has 1 aromatic carbocycles. The normalized spacial score (nSPS) is 23.0. The van der Waals surface area contributed by atoms with E-state index in [0.29, 0.717) is 5.56 Å². The molecule has 0 bridgehead atoms. The van der Waals surface area contributed by atoms with Crippen LogP contribution in [-0.4, -0.2) is 104 Å². The maximum absolute atomic E-state index is 9.52. The average Bonchev–Trinajstić information content (AvgIpc) is 2.97. The molecule has 3 saturated heterocycles. The second-order valence-electron chi connectivity index (χ2n) is 10.4. The highest BCUT2D eigenvalue weighted by atomic mass is 16.5. The molecule has 3 aliphatic rings. The van der Waals surface area contributed by atoms with Crippen molar-refractivity contribution in [2.24, 2.45) is 0 Å². The van der Waals surface area contributed by atoms with Crippen molar-refractivity contribution in [3.05, 3.63) is 48.4 Å². The number of pyridine rings is 1. The minimum Gasteiger partial charge on any atom is -0.370 e. The molecule has 198 valence electrons. The standard InChI is InChI=1S/C28H35N9O/c1-21-17-37(25-5-4-22(16-29)28-24(25)3-2-6-31-28)19-23(38-21)18-34-11-13-36(14-12-34)27-15-26(32-20-33-27)35-9-7-30-8-10-35/h2-6,15,20-21,23,30H,7-14,17-19H2,1H3/t21-,23+/m1/s1. The Morgan fingerprint density at radius 1 is 0.947 bits per heavy atom. The smallest absolute Gasteiger partial charge is 0.134 e. The Morgan fingerprint density at radius 3 is 2.47 bits per heavy atom. The summed E-state index contributed by atoms with van der Waals surface area (Å²) in [5.41, 5.74) is 2.51. The van der Waals surface area contributed by atoms with Crippen molar-refractivity contribution in [1.82, 2.24) is 25.2 Å². The number of nitriles is 1. The lowest BCUT2D eigenvalue weighted by atomic mass is 10.1. The summed E-state index contributed by atoms with van der Waals surface area (Å²) in [6, 6.07) is 12.4. The third-order valence-corrected chi connectivity index (χ3v) is 7.77. The molecule has 3 fully saturated rings. The largest absolute Gasteiger partial charge is 0.370 e. The van der Waals surface area contributed by atoms with E-state index in [0.717, 1.165) is 100 Å². The number of rotatable bonds is 5. The summed E-state index contributed by atoms with van der Waals surface area (Å²) < 4.78 is 6.40. The van der Waals surface area contributed by atoms with Crippen LogP contribution in [0.3, 0.4) is 0 Å². The number of morpholine rings is 1. The minimum absolute atomic E-state index is 0.117. The van der Waals surface area contributed by atoms with Crippen LogP contribution in [0.25, 0.3) is 10.9 Å². The molecule has 0 amide bonds. The van der Waals surface area contributed by atoms with Crippen molar-refractivity contribution in [3.63, 3.8) is 0 Å². The highest BCUT2D eigenvalue weighted by Crippen LogP contribution is 2.30. The molecule has 5 heterocycles. The van der Waals surface area contributed by atoms with Crippen LogP contribution in [0.5, 0.6) is 0 Å². The molecule has 2 atom stereocenters. The van der Waals surface area contributed by atoms with Gasteiger partial charge in [-0.3, -0.25) is 9.88 Å². The Labute approximate surface area is 223 Å². The van der Waals surface area contributed by atoms with E-state index in [-0.39, 0.29) is 12.2 Å². The Balaban J connectivity index is 1.09. The van der Waals surface area contributed by atoms with E-state index in [9.17, 15) is 5.26 Å². The van der Waals surface area contributed by atoms with E-state index >= 15 is 0 Å². The third kappa shape index (κ3) is 5.23. The summed E-state index contributed by atoms with van der Waals surface area (Å²) in [5, 5.41) is 13.9. The Morgan fingerprint density at radius 2 is 1.71 bits per heavy atom. The van der Waals surface area contributed by atoms with E-state index in [4.69, 9.17) is 4.74 Å². The van der Waals surface area contributed by atoms with Crippen molar-refractivity contribution < 1.29 is 4.74 Å². The second-order valence-corrected chi connectivity index (χ2v) is 10.4. The number of aromatic nitrogens is 3. The Kier molecular flexibility index (Phi) is 7.22. The van der Waals surface area contributed by atoms with Crippen molar-refractivity contribution in [2.75, 3.05) is 86.7 Å². The molecule has 2 aromatic heterocycles. The monoisotopic (exact) mass is 513 g/mol. The van der Waals surface area contributed by atoms with Crippen LogP contribution in [-0.2, 0) is 4.74 Å². The molecule has 38 heavy (non-hydrogen) atoms. The Hall–Kier alpha value is -3.52. The van der Waals surface area contributed by atoms with Crippen molar-refractivity contribution in [3.8, 4) is 6.07 Å². The van der Waals surface area contributed by atoms with Gasteiger partial charge in [-0.2, -0.15) is 5.26 Å². The summed E-state index contributed by atoms with van der Waals surface area (Å²) in [6.45, 7) is 12.5. The molecule has 6 rings (SSSR count). The van der Waals surface area contributed by atoms with Crippen molar-refractivity contribution >= 4 is 28.2 Å². The van der Waals surface area contributed by atoms with Gasteiger partial charge in [0.05, 0.1) is 23.3 Å². The van der Waals surface area contributed by atoms with Gasteiger partial charge in [0.2, 0.25) is 0 Å². The highest BCUT2D eigenvalue weighted by molar-refractivity contribution is 5.95. The highest BCUT2D eigenvalue weighted by Gasteiger charge is 2.29. The van der Waals surface area contributed by atoms with Crippen molar-refractivity contribution in [1.29, 1.82) is 5.26 Å². The van der Waals surface area contributed by atoms with Crippen LogP contribution in [0.1, 0.15) is 12.5 Å². The zero-order valence-corrected chi connectivity index (χ0v) is 22.0. The molecule has 10 nitrogen and oxygen atoms in total. The summed E-state index contributed by atoms with van der Waals surface area (Å²) in [4.78, 5) is 23.2. The summed E-state index contributed by atoms with van der Waals surface area (Å²) in [5.74, 6) is 2.04. The van der Waals surface area contributed by atoms with Gasteiger partial charge in [0.1, 0.15) is 24.0 Å². The zero-order valence-electron chi connectivity index (χ0n) is 22.0. The zero-order chi connectivity index (χ0) is 25.9. The van der Waals surface area contributed by atoms with Crippen LogP contribution in [0.2, 0.25) is 0 Å². The molecule has 3 aliphatic heterocycles. The molecule has 0 saturated carbocycles. The molecule has 0 spiro atoms. The van der Waals surface area contributed by atoms with Gasteiger partial charge in [-0.05, 0) is 31.2 Å². The fourth-order valence-electron chi connectivity index (χ4n) is 5.89. The number of ether oxygens (including phenoxy) is 1. The number of hydrogen-bond donors (Lipinski definition) is 1. The fraction of sp³-hybridized carbons (Fsp3) is 0.500. The molecule has 3 aromatic rings. The first-order valence-electron chi connectivity index (χ1n) is 13.6. The molecule has 0 unspecified atom stereocenters. The molecule has 0 radical (unpaired) electrons. The molecular formula is C28H35N9O. The minimum atomic E-state index is 0.117. The number of piperazine rings is 2. The quantitative estimate of drug-likeness (QED) is 0.543. The van der Waals surface area contributed by atoms with Gasteiger partial charge in [-0.1, -0.05) is 0 Å². The van der Waals surface area contributed by atoms with E-state index in [2.05, 4.69) is 71.1 Å². The number of fused-ring (bicyclic) bond motifs is 1. The van der Waals surface area contributed by atoms with Crippen molar-refractivity contribution in [2.45, 2.75) is 19.1 Å². The van der Waals surface area contributed by atoms with Gasteiger partial charge in [-0.15, -0.1) is 0 Å². The molecular weight excluding hydrogens is 478 g/mol. The van der Waals surface area contributed by atoms with Gasteiger partial charge >= 0.3 is 0 Å². The first-order valence-corrected chi connectivity index (χ1v) is 13.6. The van der Waals surface area contributed by atoms with E-state index < -0.39 is 0 Å². The predicted molar refractivity (Wildman–Crippen MR) is 149 cm³/mol. The molecule has 0 aliphatic carbocycles. The number of nitrogens with zero attached hydrogens (tertiary/aromatic N) is 8. The lowest BCUT2D eigenvalue weighted by Gasteiger charge is -2.42. The van der Waals surface area contributed by atoms with Crippen LogP contribution in [0.4, 0.5) is 17.3 Å². The lowest BCUT2D eigenvalue weighted by Crippen LogP contribution is -2.54. The van der Waals surface area contributed by atoms with E-state index in [1.54, 1.807) is 12.5 Å². The summed E-state index contributed by atoms with van der Waals surface area (Å²) in [7, 11) is 0. The number of benzene rings is 1. The lowest BCUT2D eigenvalue weighted by molar-refractivity contribution is -0.0327. The summed E-state index contributed by atoms with van der Waals surface area (Å²) >= 11 is 0.